The molecule has 0 radical (unpaired) electrons. The van der Waals surface area contributed by atoms with Gasteiger partial charge in [-0.3, -0.25) is 4.79 Å². The molecule has 1 N–H and O–H groups in total. The summed E-state index contributed by atoms with van der Waals surface area (Å²) in [5.74, 6) is 0.697. The minimum Gasteiger partial charge on any atom is -0.496 e. The van der Waals surface area contributed by atoms with Crippen LogP contribution in [0.15, 0.2) is 24.3 Å². The minimum atomic E-state index is -3.32. The molecule has 1 rings (SSSR count). The Kier molecular flexibility index (Phi) is 8.05. The second-order valence-electron chi connectivity index (χ2n) is 5.32. The lowest BCUT2D eigenvalue weighted by molar-refractivity contribution is -0.121. The predicted octanol–water partition coefficient (Wildman–Crippen LogP) is 1.42. The third-order valence-corrected chi connectivity index (χ3v) is 4.76. The van der Waals surface area contributed by atoms with E-state index < -0.39 is 10.0 Å². The Labute approximate surface area is 138 Å². The lowest BCUT2D eigenvalue weighted by atomic mass is 10.1. The minimum absolute atomic E-state index is 0.0503. The van der Waals surface area contributed by atoms with Gasteiger partial charge in [-0.1, -0.05) is 25.1 Å². The fourth-order valence-corrected chi connectivity index (χ4v) is 3.08. The first kappa shape index (κ1) is 19.4. The molecule has 0 aliphatic carbocycles. The summed E-state index contributed by atoms with van der Waals surface area (Å²) in [6.45, 7) is 2.86. The Bertz CT molecular complexity index is 602. The lowest BCUT2D eigenvalue weighted by Gasteiger charge is -2.20. The molecule has 130 valence electrons. The molecule has 0 saturated heterocycles. The topological polar surface area (TPSA) is 75.7 Å². The van der Waals surface area contributed by atoms with Gasteiger partial charge in [0.05, 0.1) is 13.4 Å². The second-order valence-corrected chi connectivity index (χ2v) is 7.31. The van der Waals surface area contributed by atoms with E-state index in [1.54, 1.807) is 7.11 Å². The Hall–Kier alpha value is -1.60. The number of nitrogens with zero attached hydrogens (tertiary/aromatic N) is 1. The molecule has 0 aliphatic heterocycles. The number of para-hydroxylation sites is 1. The van der Waals surface area contributed by atoms with Crippen LogP contribution in [0.1, 0.15) is 25.3 Å². The molecule has 7 heteroatoms. The maximum Gasteiger partial charge on any atom is 0.220 e. The summed E-state index contributed by atoms with van der Waals surface area (Å²) in [7, 11) is -1.73. The predicted molar refractivity (Wildman–Crippen MR) is 91.0 cm³/mol. The zero-order valence-electron chi connectivity index (χ0n) is 14.0. The summed E-state index contributed by atoms with van der Waals surface area (Å²) in [6.07, 6.45) is 2.97. The average molecular weight is 342 g/mol. The van der Waals surface area contributed by atoms with Crippen LogP contribution in [0, 0.1) is 0 Å². The first-order valence-electron chi connectivity index (χ1n) is 7.72. The van der Waals surface area contributed by atoms with Crippen LogP contribution in [0.2, 0.25) is 0 Å². The molecule has 0 aromatic heterocycles. The molecule has 0 saturated carbocycles. The van der Waals surface area contributed by atoms with Crippen molar-refractivity contribution in [1.29, 1.82) is 0 Å². The van der Waals surface area contributed by atoms with Crippen molar-refractivity contribution >= 4 is 15.9 Å². The Balaban J connectivity index is 2.60. The molecule has 1 amide bonds. The van der Waals surface area contributed by atoms with Crippen LogP contribution >= 0.6 is 0 Å². The number of hydrogen-bond donors (Lipinski definition) is 1. The van der Waals surface area contributed by atoms with E-state index in [0.29, 0.717) is 25.9 Å². The summed E-state index contributed by atoms with van der Waals surface area (Å²) in [5, 5.41) is 2.74. The average Bonchev–Trinajstić information content (AvgIpc) is 2.50. The van der Waals surface area contributed by atoms with Crippen LogP contribution in [-0.4, -0.2) is 51.6 Å². The summed E-state index contributed by atoms with van der Waals surface area (Å²) < 4.78 is 30.4. The van der Waals surface area contributed by atoms with Gasteiger partial charge in [-0.25, -0.2) is 12.7 Å². The fourth-order valence-electron chi connectivity index (χ4n) is 2.23. The maximum absolute atomic E-state index is 11.9. The lowest BCUT2D eigenvalue weighted by Crippen LogP contribution is -2.39. The number of carbonyl (C=O) groups excluding carboxylic acids is 1. The number of benzene rings is 1. The van der Waals surface area contributed by atoms with E-state index in [-0.39, 0.29) is 12.5 Å². The molecule has 1 aromatic rings. The van der Waals surface area contributed by atoms with Crippen molar-refractivity contribution in [3.63, 3.8) is 0 Å². The van der Waals surface area contributed by atoms with Gasteiger partial charge in [0.1, 0.15) is 5.75 Å². The quantitative estimate of drug-likeness (QED) is 0.698. The largest absolute Gasteiger partial charge is 0.496 e. The van der Waals surface area contributed by atoms with Gasteiger partial charge in [-0.2, -0.15) is 0 Å². The van der Waals surface area contributed by atoms with E-state index >= 15 is 0 Å². The van der Waals surface area contributed by atoms with Gasteiger partial charge in [0.2, 0.25) is 15.9 Å². The van der Waals surface area contributed by atoms with Crippen molar-refractivity contribution in [2.45, 2.75) is 26.2 Å². The van der Waals surface area contributed by atoms with Crippen LogP contribution in [0.25, 0.3) is 0 Å². The number of hydrogen-bond acceptors (Lipinski definition) is 4. The molecule has 6 nitrogen and oxygen atoms in total. The maximum atomic E-state index is 11.9. The number of sulfonamides is 1. The third-order valence-electron chi connectivity index (χ3n) is 3.45. The molecule has 1 aromatic carbocycles. The van der Waals surface area contributed by atoms with Gasteiger partial charge < -0.3 is 10.1 Å². The molecule has 0 aliphatic rings. The van der Waals surface area contributed by atoms with E-state index in [9.17, 15) is 13.2 Å². The fraction of sp³-hybridized carbons (Fsp3) is 0.562. The van der Waals surface area contributed by atoms with Crippen LogP contribution in [0.3, 0.4) is 0 Å². The van der Waals surface area contributed by atoms with Gasteiger partial charge in [0.15, 0.2) is 0 Å². The van der Waals surface area contributed by atoms with Gasteiger partial charge in [-0.05, 0) is 24.5 Å². The standard InChI is InChI=1S/C16H26N2O4S/c1-4-7-16(19)17-11-13-18(23(3,20)21)12-10-14-8-5-6-9-15(14)22-2/h5-6,8-9H,4,7,10-13H2,1-3H3,(H,17,19). The van der Waals surface area contributed by atoms with E-state index in [2.05, 4.69) is 5.32 Å². The highest BCUT2D eigenvalue weighted by Gasteiger charge is 2.17. The van der Waals surface area contributed by atoms with E-state index in [1.165, 1.54) is 10.6 Å². The van der Waals surface area contributed by atoms with Gasteiger partial charge >= 0.3 is 0 Å². The third kappa shape index (κ3) is 7.00. The van der Waals surface area contributed by atoms with Crippen molar-refractivity contribution in [2.24, 2.45) is 0 Å². The SMILES string of the molecule is CCCC(=O)NCCN(CCc1ccccc1OC)S(C)(=O)=O. The molecule has 0 fully saturated rings. The van der Waals surface area contributed by atoms with Crippen molar-refractivity contribution in [3.8, 4) is 5.75 Å². The summed E-state index contributed by atoms with van der Waals surface area (Å²) >= 11 is 0. The Morgan fingerprint density at radius 3 is 2.57 bits per heavy atom. The summed E-state index contributed by atoms with van der Waals surface area (Å²) in [6, 6.07) is 7.54. The number of ether oxygens (including phenoxy) is 1. The first-order valence-corrected chi connectivity index (χ1v) is 9.57. The Morgan fingerprint density at radius 1 is 1.26 bits per heavy atom. The zero-order valence-corrected chi connectivity index (χ0v) is 14.9. The van der Waals surface area contributed by atoms with Crippen LogP contribution in [0.5, 0.6) is 5.75 Å². The molecule has 0 atom stereocenters. The van der Waals surface area contributed by atoms with Crippen molar-refractivity contribution in [2.75, 3.05) is 33.0 Å². The number of methoxy groups -OCH3 is 1. The van der Waals surface area contributed by atoms with Gasteiger partial charge in [-0.15, -0.1) is 0 Å². The monoisotopic (exact) mass is 342 g/mol. The van der Waals surface area contributed by atoms with E-state index in [4.69, 9.17) is 4.74 Å². The highest BCUT2D eigenvalue weighted by Crippen LogP contribution is 2.18. The van der Waals surface area contributed by atoms with Gasteiger partial charge in [0.25, 0.3) is 0 Å². The van der Waals surface area contributed by atoms with Crippen LogP contribution in [0.4, 0.5) is 0 Å². The molecule has 0 unspecified atom stereocenters. The van der Waals surface area contributed by atoms with Crippen molar-refractivity contribution < 1.29 is 17.9 Å². The molecule has 23 heavy (non-hydrogen) atoms. The van der Waals surface area contributed by atoms with E-state index in [1.807, 2.05) is 31.2 Å². The highest BCUT2D eigenvalue weighted by molar-refractivity contribution is 7.88. The molecule has 0 bridgehead atoms. The number of carbonyl (C=O) groups is 1. The van der Waals surface area contributed by atoms with E-state index in [0.717, 1.165) is 17.7 Å². The van der Waals surface area contributed by atoms with Crippen LogP contribution in [-0.2, 0) is 21.2 Å². The van der Waals surface area contributed by atoms with Crippen molar-refractivity contribution in [1.82, 2.24) is 9.62 Å². The zero-order chi connectivity index (χ0) is 17.3. The Morgan fingerprint density at radius 2 is 1.96 bits per heavy atom. The summed E-state index contributed by atoms with van der Waals surface area (Å²) in [4.78, 5) is 11.4. The molecule has 0 spiro atoms. The number of nitrogens with one attached hydrogen (secondary N) is 1. The molecular formula is C16H26N2O4S. The molecule has 0 heterocycles. The molecular weight excluding hydrogens is 316 g/mol. The van der Waals surface area contributed by atoms with Crippen LogP contribution < -0.4 is 10.1 Å². The van der Waals surface area contributed by atoms with Crippen molar-refractivity contribution in [3.05, 3.63) is 29.8 Å². The number of rotatable bonds is 10. The second kappa shape index (κ2) is 9.52. The van der Waals surface area contributed by atoms with Gasteiger partial charge in [0, 0.05) is 26.1 Å². The smallest absolute Gasteiger partial charge is 0.220 e. The first-order chi connectivity index (χ1) is 10.9. The highest BCUT2D eigenvalue weighted by atomic mass is 32.2. The normalized spacial score (nSPS) is 11.5. The number of amides is 1. The summed E-state index contributed by atoms with van der Waals surface area (Å²) in [5.41, 5.74) is 0.957.